The molecule has 0 saturated carbocycles. The highest BCUT2D eigenvalue weighted by Gasteiger charge is 2.24. The summed E-state index contributed by atoms with van der Waals surface area (Å²) >= 11 is 0. The Labute approximate surface area is 152 Å². The lowest BCUT2D eigenvalue weighted by molar-refractivity contribution is -0.143. The number of likely N-dealkylation sites (tertiary alicyclic amines) is 1. The predicted octanol–water partition coefficient (Wildman–Crippen LogP) is 3.79. The van der Waals surface area contributed by atoms with Crippen molar-refractivity contribution in [1.82, 2.24) is 4.90 Å². The SMILES string of the molecule is O=C(O)C1CCN(CCOc2ccc(Oc3ccc(F)cc3)cc2)CC1. The van der Waals surface area contributed by atoms with Gasteiger partial charge in [-0.25, -0.2) is 4.39 Å². The Balaban J connectivity index is 1.40. The number of carbonyl (C=O) groups is 1. The van der Waals surface area contributed by atoms with Crippen molar-refractivity contribution in [2.45, 2.75) is 12.8 Å². The molecule has 0 aliphatic carbocycles. The van der Waals surface area contributed by atoms with Crippen LogP contribution < -0.4 is 9.47 Å². The van der Waals surface area contributed by atoms with Crippen molar-refractivity contribution < 1.29 is 23.8 Å². The van der Waals surface area contributed by atoms with E-state index in [9.17, 15) is 9.18 Å². The van der Waals surface area contributed by atoms with E-state index in [0.29, 0.717) is 30.9 Å². The molecule has 3 rings (SSSR count). The Kier molecular flexibility index (Phi) is 6.07. The lowest BCUT2D eigenvalue weighted by Crippen LogP contribution is -2.38. The molecule has 5 nitrogen and oxygen atoms in total. The van der Waals surface area contributed by atoms with Gasteiger partial charge in [-0.2, -0.15) is 0 Å². The predicted molar refractivity (Wildman–Crippen MR) is 95.2 cm³/mol. The maximum Gasteiger partial charge on any atom is 0.306 e. The average molecular weight is 359 g/mol. The Morgan fingerprint density at radius 2 is 1.54 bits per heavy atom. The molecule has 1 N–H and O–H groups in total. The third kappa shape index (κ3) is 5.20. The number of halogens is 1. The molecule has 1 aliphatic heterocycles. The minimum Gasteiger partial charge on any atom is -0.492 e. The Morgan fingerprint density at radius 3 is 2.12 bits per heavy atom. The third-order valence-electron chi connectivity index (χ3n) is 4.49. The van der Waals surface area contributed by atoms with E-state index in [0.717, 1.165) is 25.4 Å². The molecule has 26 heavy (non-hydrogen) atoms. The summed E-state index contributed by atoms with van der Waals surface area (Å²) in [5, 5.41) is 9.01. The van der Waals surface area contributed by atoms with Gasteiger partial charge in [0.15, 0.2) is 0 Å². The normalized spacial score (nSPS) is 15.6. The second-order valence-electron chi connectivity index (χ2n) is 6.33. The summed E-state index contributed by atoms with van der Waals surface area (Å²) in [4.78, 5) is 13.2. The molecule has 6 heteroatoms. The standard InChI is InChI=1S/C20H22FNO4/c21-16-1-3-18(4-2-16)26-19-7-5-17(6-8-19)25-14-13-22-11-9-15(10-12-22)20(23)24/h1-8,15H,9-14H2,(H,23,24). The molecular formula is C20H22FNO4. The van der Waals surface area contributed by atoms with Gasteiger partial charge in [0.05, 0.1) is 5.92 Å². The van der Waals surface area contributed by atoms with Crippen molar-refractivity contribution in [3.8, 4) is 17.2 Å². The van der Waals surface area contributed by atoms with Gasteiger partial charge in [0.1, 0.15) is 29.7 Å². The summed E-state index contributed by atoms with van der Waals surface area (Å²) in [6.07, 6.45) is 1.40. The molecule has 1 fully saturated rings. The summed E-state index contributed by atoms with van der Waals surface area (Å²) in [5.41, 5.74) is 0. The van der Waals surface area contributed by atoms with Gasteiger partial charge >= 0.3 is 5.97 Å². The number of rotatable bonds is 7. The van der Waals surface area contributed by atoms with E-state index in [1.807, 2.05) is 12.1 Å². The van der Waals surface area contributed by atoms with Gasteiger partial charge in [-0.15, -0.1) is 0 Å². The van der Waals surface area contributed by atoms with Crippen molar-refractivity contribution in [3.05, 3.63) is 54.3 Å². The van der Waals surface area contributed by atoms with Gasteiger partial charge in [0, 0.05) is 6.54 Å². The van der Waals surface area contributed by atoms with Crippen LogP contribution in [0.4, 0.5) is 4.39 Å². The molecule has 1 aliphatic rings. The Morgan fingerprint density at radius 1 is 1.00 bits per heavy atom. The molecule has 0 aromatic heterocycles. The van der Waals surface area contributed by atoms with E-state index in [1.165, 1.54) is 12.1 Å². The number of carboxylic acids is 1. The van der Waals surface area contributed by atoms with Crippen molar-refractivity contribution >= 4 is 5.97 Å². The fraction of sp³-hybridized carbons (Fsp3) is 0.350. The first-order valence-corrected chi connectivity index (χ1v) is 8.71. The number of carboxylic acid groups (broad SMARTS) is 1. The fourth-order valence-electron chi connectivity index (χ4n) is 2.94. The van der Waals surface area contributed by atoms with Gasteiger partial charge in [0.25, 0.3) is 0 Å². The largest absolute Gasteiger partial charge is 0.492 e. The fourth-order valence-corrected chi connectivity index (χ4v) is 2.94. The molecule has 2 aromatic carbocycles. The van der Waals surface area contributed by atoms with Crippen LogP contribution in [0.2, 0.25) is 0 Å². The first-order valence-electron chi connectivity index (χ1n) is 8.71. The quantitative estimate of drug-likeness (QED) is 0.815. The highest BCUT2D eigenvalue weighted by atomic mass is 19.1. The highest BCUT2D eigenvalue weighted by Crippen LogP contribution is 2.24. The molecule has 0 spiro atoms. The summed E-state index contributed by atoms with van der Waals surface area (Å²) in [7, 11) is 0. The first kappa shape index (κ1) is 18.2. The van der Waals surface area contributed by atoms with Crippen molar-refractivity contribution in [1.29, 1.82) is 0 Å². The molecule has 0 bridgehead atoms. The van der Waals surface area contributed by atoms with E-state index in [4.69, 9.17) is 14.6 Å². The van der Waals surface area contributed by atoms with Gasteiger partial charge in [0.2, 0.25) is 0 Å². The topological polar surface area (TPSA) is 59.0 Å². The lowest BCUT2D eigenvalue weighted by atomic mass is 9.97. The molecular weight excluding hydrogens is 337 g/mol. The molecule has 0 unspecified atom stereocenters. The zero-order valence-electron chi connectivity index (χ0n) is 14.4. The second kappa shape index (κ2) is 8.67. The average Bonchev–Trinajstić information content (AvgIpc) is 2.65. The van der Waals surface area contributed by atoms with E-state index in [1.54, 1.807) is 24.3 Å². The Bertz CT molecular complexity index is 710. The van der Waals surface area contributed by atoms with Crippen LogP contribution in [0.15, 0.2) is 48.5 Å². The van der Waals surface area contributed by atoms with Crippen LogP contribution in [0.1, 0.15) is 12.8 Å². The summed E-state index contributed by atoms with van der Waals surface area (Å²) in [6, 6.07) is 13.1. The first-order chi connectivity index (χ1) is 12.6. The number of benzene rings is 2. The summed E-state index contributed by atoms with van der Waals surface area (Å²) < 4.78 is 24.3. The third-order valence-corrected chi connectivity index (χ3v) is 4.49. The molecule has 0 radical (unpaired) electrons. The van der Waals surface area contributed by atoms with E-state index >= 15 is 0 Å². The second-order valence-corrected chi connectivity index (χ2v) is 6.33. The maximum atomic E-state index is 12.9. The number of ether oxygens (including phenoxy) is 2. The lowest BCUT2D eigenvalue weighted by Gasteiger charge is -2.29. The van der Waals surface area contributed by atoms with E-state index in [-0.39, 0.29) is 11.7 Å². The number of hydrogen-bond donors (Lipinski definition) is 1. The van der Waals surface area contributed by atoms with Crippen LogP contribution in [0.5, 0.6) is 17.2 Å². The van der Waals surface area contributed by atoms with Crippen molar-refractivity contribution in [3.63, 3.8) is 0 Å². The van der Waals surface area contributed by atoms with Crippen molar-refractivity contribution in [2.24, 2.45) is 5.92 Å². The van der Waals surface area contributed by atoms with Crippen LogP contribution in [0, 0.1) is 11.7 Å². The van der Waals surface area contributed by atoms with Crippen LogP contribution in [0.3, 0.4) is 0 Å². The zero-order valence-corrected chi connectivity index (χ0v) is 14.4. The zero-order chi connectivity index (χ0) is 18.4. The van der Waals surface area contributed by atoms with Gasteiger partial charge in [-0.3, -0.25) is 9.69 Å². The van der Waals surface area contributed by atoms with Crippen LogP contribution in [-0.2, 0) is 4.79 Å². The number of piperidine rings is 1. The molecule has 0 atom stereocenters. The molecule has 138 valence electrons. The van der Waals surface area contributed by atoms with Crippen LogP contribution in [0.25, 0.3) is 0 Å². The molecule has 0 amide bonds. The van der Waals surface area contributed by atoms with Crippen LogP contribution >= 0.6 is 0 Å². The monoisotopic (exact) mass is 359 g/mol. The Hall–Kier alpha value is -2.60. The smallest absolute Gasteiger partial charge is 0.306 e. The molecule has 2 aromatic rings. The molecule has 1 saturated heterocycles. The van der Waals surface area contributed by atoms with E-state index < -0.39 is 5.97 Å². The molecule has 1 heterocycles. The maximum absolute atomic E-state index is 12.9. The minimum absolute atomic E-state index is 0.208. The van der Waals surface area contributed by atoms with Crippen molar-refractivity contribution in [2.75, 3.05) is 26.2 Å². The highest BCUT2D eigenvalue weighted by molar-refractivity contribution is 5.70. The van der Waals surface area contributed by atoms with Crippen LogP contribution in [-0.4, -0.2) is 42.2 Å². The van der Waals surface area contributed by atoms with Gasteiger partial charge in [-0.1, -0.05) is 0 Å². The summed E-state index contributed by atoms with van der Waals surface area (Å²) in [6.45, 7) is 2.92. The minimum atomic E-state index is -0.691. The van der Waals surface area contributed by atoms with Gasteiger partial charge < -0.3 is 14.6 Å². The van der Waals surface area contributed by atoms with Gasteiger partial charge in [-0.05, 0) is 74.5 Å². The van der Waals surface area contributed by atoms with E-state index in [2.05, 4.69) is 4.90 Å². The number of hydrogen-bond acceptors (Lipinski definition) is 4. The summed E-state index contributed by atoms with van der Waals surface area (Å²) in [5.74, 6) is 0.777. The number of nitrogens with zero attached hydrogens (tertiary/aromatic N) is 1. The number of aliphatic carboxylic acids is 1.